The molecule has 1 aromatic heterocycles. The minimum Gasteiger partial charge on any atom is -0.494 e. The van der Waals surface area contributed by atoms with Crippen LogP contribution in [0.2, 0.25) is 0 Å². The van der Waals surface area contributed by atoms with Gasteiger partial charge < -0.3 is 4.74 Å². The quantitative estimate of drug-likeness (QED) is 0.729. The average molecular weight is 356 g/mol. The van der Waals surface area contributed by atoms with Gasteiger partial charge in [0.15, 0.2) is 16.7 Å². The van der Waals surface area contributed by atoms with Crippen molar-refractivity contribution in [3.8, 4) is 17.0 Å². The lowest BCUT2D eigenvalue weighted by Crippen LogP contribution is -2.13. The van der Waals surface area contributed by atoms with Gasteiger partial charge in [0, 0.05) is 16.5 Å². The van der Waals surface area contributed by atoms with E-state index < -0.39 is 5.82 Å². The summed E-state index contributed by atoms with van der Waals surface area (Å²) in [6, 6.07) is 10.4. The Morgan fingerprint density at radius 1 is 1.20 bits per heavy atom. The molecule has 0 unspecified atom stereocenters. The van der Waals surface area contributed by atoms with Crippen LogP contribution >= 0.6 is 11.3 Å². The second-order valence-electron chi connectivity index (χ2n) is 5.66. The predicted octanol–water partition coefficient (Wildman–Crippen LogP) is 4.83. The van der Waals surface area contributed by atoms with Crippen molar-refractivity contribution < 1.29 is 13.9 Å². The van der Waals surface area contributed by atoms with Crippen molar-refractivity contribution in [3.63, 3.8) is 0 Å². The summed E-state index contributed by atoms with van der Waals surface area (Å²) >= 11 is 1.30. The van der Waals surface area contributed by atoms with Gasteiger partial charge in [0.25, 0.3) is 5.91 Å². The van der Waals surface area contributed by atoms with Crippen LogP contribution in [0.4, 0.5) is 9.52 Å². The number of anilines is 1. The number of halogens is 1. The number of aromatic nitrogens is 1. The fraction of sp³-hybridized carbons (Fsp3) is 0.158. The largest absolute Gasteiger partial charge is 0.494 e. The van der Waals surface area contributed by atoms with Crippen LogP contribution in [0.1, 0.15) is 21.5 Å². The minimum absolute atomic E-state index is 0.183. The van der Waals surface area contributed by atoms with Gasteiger partial charge in [0.05, 0.1) is 12.8 Å². The Balaban J connectivity index is 1.81. The first-order valence-electron chi connectivity index (χ1n) is 7.66. The zero-order valence-electron chi connectivity index (χ0n) is 14.1. The Kier molecular flexibility index (Phi) is 4.81. The van der Waals surface area contributed by atoms with Crippen LogP contribution in [-0.4, -0.2) is 18.0 Å². The van der Waals surface area contributed by atoms with Gasteiger partial charge in [0.1, 0.15) is 0 Å². The van der Waals surface area contributed by atoms with Crippen LogP contribution in [0.25, 0.3) is 11.3 Å². The zero-order chi connectivity index (χ0) is 18.0. The van der Waals surface area contributed by atoms with E-state index >= 15 is 0 Å². The van der Waals surface area contributed by atoms with Crippen LogP contribution in [0.15, 0.2) is 41.8 Å². The third-order valence-electron chi connectivity index (χ3n) is 3.81. The third kappa shape index (κ3) is 3.69. The molecule has 0 aliphatic carbocycles. The number of amides is 1. The van der Waals surface area contributed by atoms with Crippen molar-refractivity contribution in [2.45, 2.75) is 13.8 Å². The number of rotatable bonds is 4. The van der Waals surface area contributed by atoms with E-state index in [0.29, 0.717) is 22.0 Å². The highest BCUT2D eigenvalue weighted by molar-refractivity contribution is 7.14. The summed E-state index contributed by atoms with van der Waals surface area (Å²) in [4.78, 5) is 16.8. The molecule has 1 amide bonds. The normalized spacial score (nSPS) is 10.6. The van der Waals surface area contributed by atoms with E-state index in [1.807, 2.05) is 32.0 Å². The summed E-state index contributed by atoms with van der Waals surface area (Å²) in [6.45, 7) is 3.83. The second kappa shape index (κ2) is 7.03. The number of hydrogen-bond acceptors (Lipinski definition) is 4. The summed E-state index contributed by atoms with van der Waals surface area (Å²) in [5, 5.41) is 5.05. The molecule has 3 aromatic rings. The standard InChI is InChI=1S/C19H17FN2O2S/c1-11-4-5-12(2)14(8-11)18(23)22-19-21-16(10-25-19)13-6-7-17(24-3)15(20)9-13/h4-10H,1-3H3,(H,21,22,23). The lowest BCUT2D eigenvalue weighted by Gasteiger charge is -2.06. The van der Waals surface area contributed by atoms with Gasteiger partial charge in [0.2, 0.25) is 0 Å². The number of aryl methyl sites for hydroxylation is 2. The van der Waals surface area contributed by atoms with Crippen LogP contribution in [-0.2, 0) is 0 Å². The van der Waals surface area contributed by atoms with Crippen molar-refractivity contribution in [1.29, 1.82) is 0 Å². The molecule has 0 spiro atoms. The van der Waals surface area contributed by atoms with Gasteiger partial charge in [-0.25, -0.2) is 9.37 Å². The predicted molar refractivity (Wildman–Crippen MR) is 97.9 cm³/mol. The molecule has 25 heavy (non-hydrogen) atoms. The summed E-state index contributed by atoms with van der Waals surface area (Å²) in [7, 11) is 1.42. The Morgan fingerprint density at radius 2 is 2.00 bits per heavy atom. The number of ether oxygens (including phenoxy) is 1. The van der Waals surface area contributed by atoms with E-state index in [1.54, 1.807) is 17.5 Å². The summed E-state index contributed by atoms with van der Waals surface area (Å²) < 4.78 is 18.8. The fourth-order valence-electron chi connectivity index (χ4n) is 2.43. The molecule has 1 N–H and O–H groups in total. The SMILES string of the molecule is COc1ccc(-c2csc(NC(=O)c3cc(C)ccc3C)n2)cc1F. The molecule has 6 heteroatoms. The van der Waals surface area contributed by atoms with Crippen molar-refractivity contribution >= 4 is 22.4 Å². The number of benzene rings is 2. The van der Waals surface area contributed by atoms with E-state index in [1.165, 1.54) is 24.5 Å². The number of carbonyl (C=O) groups excluding carboxylic acids is 1. The Labute approximate surface area is 149 Å². The Hall–Kier alpha value is -2.73. The molecule has 0 atom stereocenters. The maximum atomic E-state index is 13.8. The molecular weight excluding hydrogens is 339 g/mol. The number of methoxy groups -OCH3 is 1. The van der Waals surface area contributed by atoms with Crippen LogP contribution in [0.3, 0.4) is 0 Å². The highest BCUT2D eigenvalue weighted by atomic mass is 32.1. The topological polar surface area (TPSA) is 51.2 Å². The molecule has 0 radical (unpaired) electrons. The van der Waals surface area contributed by atoms with Gasteiger partial charge in [-0.2, -0.15) is 0 Å². The van der Waals surface area contributed by atoms with Crippen molar-refractivity contribution in [2.75, 3.05) is 12.4 Å². The molecule has 4 nitrogen and oxygen atoms in total. The Bertz CT molecular complexity index is 937. The van der Waals surface area contributed by atoms with Crippen molar-refractivity contribution in [1.82, 2.24) is 4.98 Å². The van der Waals surface area contributed by atoms with E-state index in [2.05, 4.69) is 10.3 Å². The third-order valence-corrected chi connectivity index (χ3v) is 4.57. The molecule has 0 aliphatic heterocycles. The molecule has 0 aliphatic rings. The molecule has 3 rings (SSSR count). The van der Waals surface area contributed by atoms with E-state index in [4.69, 9.17) is 4.74 Å². The number of thiazole rings is 1. The fourth-order valence-corrected chi connectivity index (χ4v) is 3.15. The average Bonchev–Trinajstić information content (AvgIpc) is 3.05. The van der Waals surface area contributed by atoms with Crippen LogP contribution in [0.5, 0.6) is 5.75 Å². The highest BCUT2D eigenvalue weighted by Gasteiger charge is 2.13. The summed E-state index contributed by atoms with van der Waals surface area (Å²) in [5.41, 5.74) is 3.76. The maximum absolute atomic E-state index is 13.8. The molecule has 1 heterocycles. The molecule has 0 fully saturated rings. The Morgan fingerprint density at radius 3 is 2.72 bits per heavy atom. The van der Waals surface area contributed by atoms with Gasteiger partial charge in [-0.1, -0.05) is 17.7 Å². The lowest BCUT2D eigenvalue weighted by atomic mass is 10.1. The molecule has 128 valence electrons. The van der Waals surface area contributed by atoms with E-state index in [9.17, 15) is 9.18 Å². The first-order valence-corrected chi connectivity index (χ1v) is 8.54. The maximum Gasteiger partial charge on any atom is 0.257 e. The zero-order valence-corrected chi connectivity index (χ0v) is 14.9. The monoisotopic (exact) mass is 356 g/mol. The summed E-state index contributed by atoms with van der Waals surface area (Å²) in [6.07, 6.45) is 0. The van der Waals surface area contributed by atoms with Gasteiger partial charge in [-0.3, -0.25) is 10.1 Å². The van der Waals surface area contributed by atoms with E-state index in [-0.39, 0.29) is 11.7 Å². The van der Waals surface area contributed by atoms with Crippen molar-refractivity contribution in [2.24, 2.45) is 0 Å². The molecule has 0 saturated heterocycles. The van der Waals surface area contributed by atoms with E-state index in [0.717, 1.165) is 11.1 Å². The van der Waals surface area contributed by atoms with Gasteiger partial charge in [-0.05, 0) is 43.7 Å². The lowest BCUT2D eigenvalue weighted by molar-refractivity contribution is 0.102. The first kappa shape index (κ1) is 17.1. The minimum atomic E-state index is -0.450. The number of nitrogens with one attached hydrogen (secondary N) is 1. The molecular formula is C19H17FN2O2S. The molecule has 2 aromatic carbocycles. The van der Waals surface area contributed by atoms with Gasteiger partial charge >= 0.3 is 0 Å². The summed E-state index contributed by atoms with van der Waals surface area (Å²) in [5.74, 6) is -0.473. The number of nitrogens with zero attached hydrogens (tertiary/aromatic N) is 1. The highest BCUT2D eigenvalue weighted by Crippen LogP contribution is 2.28. The number of carbonyl (C=O) groups is 1. The van der Waals surface area contributed by atoms with Crippen molar-refractivity contribution in [3.05, 3.63) is 64.3 Å². The number of hydrogen-bond donors (Lipinski definition) is 1. The molecule has 0 bridgehead atoms. The van der Waals surface area contributed by atoms with Crippen LogP contribution < -0.4 is 10.1 Å². The smallest absolute Gasteiger partial charge is 0.257 e. The van der Waals surface area contributed by atoms with Crippen LogP contribution in [0, 0.1) is 19.7 Å². The first-order chi connectivity index (χ1) is 12.0. The second-order valence-corrected chi connectivity index (χ2v) is 6.52. The van der Waals surface area contributed by atoms with Gasteiger partial charge in [-0.15, -0.1) is 11.3 Å². The molecule has 0 saturated carbocycles.